The van der Waals surface area contributed by atoms with Gasteiger partial charge >= 0.3 is 6.18 Å². The molecule has 0 aliphatic rings. The van der Waals surface area contributed by atoms with Gasteiger partial charge < -0.3 is 5.32 Å². The predicted molar refractivity (Wildman–Crippen MR) is 97.6 cm³/mol. The summed E-state index contributed by atoms with van der Waals surface area (Å²) in [5, 5.41) is 3.13. The molecule has 3 N–H and O–H groups in total. The molecule has 0 heterocycles. The van der Waals surface area contributed by atoms with Crippen LogP contribution in [0.3, 0.4) is 0 Å². The van der Waals surface area contributed by atoms with Crippen molar-refractivity contribution in [3.8, 4) is 0 Å². The lowest BCUT2D eigenvalue weighted by Crippen LogP contribution is -2.45. The molecule has 1 amide bonds. The van der Waals surface area contributed by atoms with Crippen molar-refractivity contribution < 1.29 is 18.0 Å². The Morgan fingerprint density at radius 2 is 1.77 bits per heavy atom. The second kappa shape index (κ2) is 9.00. The number of hydrogen-bond donors (Lipinski definition) is 3. The fourth-order valence-corrected chi connectivity index (χ4v) is 2.10. The fourth-order valence-electron chi connectivity index (χ4n) is 1.97. The number of rotatable bonds is 4. The molecule has 2 rings (SSSR count). The first-order valence-electron chi connectivity index (χ1n) is 7.58. The Balaban J connectivity index is 1.79. The van der Waals surface area contributed by atoms with E-state index in [2.05, 4.69) is 16.2 Å². The Hall–Kier alpha value is -2.87. The number of nitrogens with one attached hydrogen (secondary N) is 3. The second-order valence-electron chi connectivity index (χ2n) is 5.24. The highest BCUT2D eigenvalue weighted by molar-refractivity contribution is 7.80. The molecule has 0 aromatic heterocycles. The minimum absolute atomic E-state index is 0.217. The Morgan fingerprint density at radius 3 is 2.46 bits per heavy atom. The molecule has 0 atom stereocenters. The van der Waals surface area contributed by atoms with Crippen molar-refractivity contribution in [2.24, 2.45) is 0 Å². The van der Waals surface area contributed by atoms with E-state index in [4.69, 9.17) is 12.2 Å². The maximum Gasteiger partial charge on any atom is 0.416 e. The van der Waals surface area contributed by atoms with Gasteiger partial charge in [0.1, 0.15) is 0 Å². The fraction of sp³-hybridized carbons (Fsp3) is 0.111. The van der Waals surface area contributed by atoms with E-state index in [1.807, 2.05) is 30.3 Å². The number of thiocarbonyl (C=S) groups is 1. The van der Waals surface area contributed by atoms with Crippen LogP contribution >= 0.6 is 12.2 Å². The molecule has 0 fully saturated rings. The molecular formula is C18H16F3N3OS. The Morgan fingerprint density at radius 1 is 1.04 bits per heavy atom. The van der Waals surface area contributed by atoms with E-state index in [1.165, 1.54) is 18.2 Å². The lowest BCUT2D eigenvalue weighted by molar-refractivity contribution is -0.137. The zero-order valence-electron chi connectivity index (χ0n) is 13.5. The summed E-state index contributed by atoms with van der Waals surface area (Å²) in [6.07, 6.45) is -2.03. The number of carbonyl (C=O) groups is 1. The standard InChI is InChI=1S/C18H16F3N3OS/c19-18(20,21)15-8-4-7-13(11-15)9-10-16(25)23-24-17(26)22-12-14-5-2-1-3-6-14/h1-11H,12H2,(H,23,25)(H2,22,24,26). The molecule has 8 heteroatoms. The summed E-state index contributed by atoms with van der Waals surface area (Å²) in [5.41, 5.74) is 5.36. The summed E-state index contributed by atoms with van der Waals surface area (Å²) in [4.78, 5) is 11.7. The minimum atomic E-state index is -4.43. The van der Waals surface area contributed by atoms with Crippen LogP contribution < -0.4 is 16.2 Å². The largest absolute Gasteiger partial charge is 0.416 e. The lowest BCUT2D eigenvalue weighted by atomic mass is 10.1. The van der Waals surface area contributed by atoms with Gasteiger partial charge in [-0.1, -0.05) is 42.5 Å². The number of benzene rings is 2. The topological polar surface area (TPSA) is 53.2 Å². The molecule has 26 heavy (non-hydrogen) atoms. The van der Waals surface area contributed by atoms with Gasteiger partial charge in [-0.15, -0.1) is 0 Å². The number of amides is 1. The van der Waals surface area contributed by atoms with Crippen LogP contribution in [0.4, 0.5) is 13.2 Å². The van der Waals surface area contributed by atoms with Crippen LogP contribution in [0, 0.1) is 0 Å². The van der Waals surface area contributed by atoms with Crippen molar-refractivity contribution in [2.45, 2.75) is 12.7 Å². The molecule has 0 saturated heterocycles. The van der Waals surface area contributed by atoms with Crippen LogP contribution in [0.2, 0.25) is 0 Å². The minimum Gasteiger partial charge on any atom is -0.357 e. The molecule has 0 aliphatic carbocycles. The first-order chi connectivity index (χ1) is 12.3. The van der Waals surface area contributed by atoms with Gasteiger partial charge in [0.15, 0.2) is 5.11 Å². The molecule has 0 saturated carbocycles. The van der Waals surface area contributed by atoms with Crippen LogP contribution in [0.1, 0.15) is 16.7 Å². The van der Waals surface area contributed by atoms with Crippen LogP contribution in [-0.4, -0.2) is 11.0 Å². The molecule has 0 unspecified atom stereocenters. The zero-order chi connectivity index (χ0) is 19.0. The number of hydrazine groups is 1. The average molecular weight is 379 g/mol. The van der Waals surface area contributed by atoms with Crippen LogP contribution in [-0.2, 0) is 17.5 Å². The molecular weight excluding hydrogens is 363 g/mol. The van der Waals surface area contributed by atoms with Crippen LogP contribution in [0.15, 0.2) is 60.7 Å². The molecule has 2 aromatic rings. The third kappa shape index (κ3) is 6.56. The summed E-state index contributed by atoms with van der Waals surface area (Å²) in [6.45, 7) is 0.489. The van der Waals surface area contributed by atoms with Crippen molar-refractivity contribution in [1.82, 2.24) is 16.2 Å². The van der Waals surface area contributed by atoms with E-state index in [9.17, 15) is 18.0 Å². The summed E-state index contributed by atoms with van der Waals surface area (Å²) in [5.74, 6) is -0.550. The van der Waals surface area contributed by atoms with E-state index in [1.54, 1.807) is 0 Å². The number of carbonyl (C=O) groups excluding carboxylic acids is 1. The van der Waals surface area contributed by atoms with Gasteiger partial charge in [0.05, 0.1) is 5.56 Å². The van der Waals surface area contributed by atoms with E-state index in [0.29, 0.717) is 6.54 Å². The SMILES string of the molecule is O=C(C=Cc1cccc(C(F)(F)F)c1)NNC(=S)NCc1ccccc1. The van der Waals surface area contributed by atoms with Gasteiger partial charge in [-0.3, -0.25) is 15.6 Å². The van der Waals surface area contributed by atoms with E-state index < -0.39 is 17.6 Å². The highest BCUT2D eigenvalue weighted by Gasteiger charge is 2.30. The predicted octanol–water partition coefficient (Wildman–Crippen LogP) is 3.41. The molecule has 0 spiro atoms. The molecule has 136 valence electrons. The van der Waals surface area contributed by atoms with Gasteiger partial charge in [0.2, 0.25) is 0 Å². The summed E-state index contributed by atoms with van der Waals surface area (Å²) in [6, 6.07) is 14.2. The summed E-state index contributed by atoms with van der Waals surface area (Å²) >= 11 is 5.02. The number of alkyl halides is 3. The third-order valence-electron chi connectivity index (χ3n) is 3.24. The summed E-state index contributed by atoms with van der Waals surface area (Å²) in [7, 11) is 0. The quantitative estimate of drug-likeness (QED) is 0.433. The van der Waals surface area contributed by atoms with Gasteiger partial charge in [0.25, 0.3) is 5.91 Å². The molecule has 2 aromatic carbocycles. The molecule has 0 bridgehead atoms. The average Bonchev–Trinajstić information content (AvgIpc) is 2.63. The third-order valence-corrected chi connectivity index (χ3v) is 3.48. The zero-order valence-corrected chi connectivity index (χ0v) is 14.3. The van der Waals surface area contributed by atoms with Crippen molar-refractivity contribution >= 4 is 29.3 Å². The summed E-state index contributed by atoms with van der Waals surface area (Å²) < 4.78 is 37.9. The normalized spacial score (nSPS) is 11.2. The smallest absolute Gasteiger partial charge is 0.357 e. The molecule has 0 radical (unpaired) electrons. The Kier molecular flexibility index (Phi) is 6.74. The van der Waals surface area contributed by atoms with Crippen molar-refractivity contribution in [2.75, 3.05) is 0 Å². The second-order valence-corrected chi connectivity index (χ2v) is 5.65. The van der Waals surface area contributed by atoms with Gasteiger partial charge in [-0.05, 0) is 41.6 Å². The first-order valence-corrected chi connectivity index (χ1v) is 7.98. The highest BCUT2D eigenvalue weighted by Crippen LogP contribution is 2.29. The Labute approximate surface area is 154 Å². The molecule has 0 aliphatic heterocycles. The van der Waals surface area contributed by atoms with Gasteiger partial charge in [-0.25, -0.2) is 0 Å². The van der Waals surface area contributed by atoms with Crippen molar-refractivity contribution in [3.05, 3.63) is 77.4 Å². The number of halogens is 3. The first kappa shape index (κ1) is 19.5. The molecule has 4 nitrogen and oxygen atoms in total. The van der Waals surface area contributed by atoms with E-state index in [0.717, 1.165) is 23.8 Å². The van der Waals surface area contributed by atoms with Crippen LogP contribution in [0.5, 0.6) is 0 Å². The van der Waals surface area contributed by atoms with Gasteiger partial charge in [0, 0.05) is 12.6 Å². The van der Waals surface area contributed by atoms with Crippen molar-refractivity contribution in [3.63, 3.8) is 0 Å². The Bertz CT molecular complexity index is 792. The van der Waals surface area contributed by atoms with E-state index in [-0.39, 0.29) is 10.7 Å². The highest BCUT2D eigenvalue weighted by atomic mass is 32.1. The van der Waals surface area contributed by atoms with E-state index >= 15 is 0 Å². The maximum absolute atomic E-state index is 12.6. The van der Waals surface area contributed by atoms with Gasteiger partial charge in [-0.2, -0.15) is 13.2 Å². The van der Waals surface area contributed by atoms with Crippen molar-refractivity contribution in [1.29, 1.82) is 0 Å². The van der Waals surface area contributed by atoms with Crippen LogP contribution in [0.25, 0.3) is 6.08 Å². The number of hydrogen-bond acceptors (Lipinski definition) is 2. The monoisotopic (exact) mass is 379 g/mol. The maximum atomic E-state index is 12.6. The lowest BCUT2D eigenvalue weighted by Gasteiger charge is -2.10.